The van der Waals surface area contributed by atoms with Crippen molar-refractivity contribution in [2.75, 3.05) is 19.8 Å². The molecule has 1 atom stereocenters. The Balaban J connectivity index is 1.68. The summed E-state index contributed by atoms with van der Waals surface area (Å²) in [7, 11) is 0. The van der Waals surface area contributed by atoms with Gasteiger partial charge in [-0.3, -0.25) is 0 Å². The Morgan fingerprint density at radius 2 is 1.82 bits per heavy atom. The fourth-order valence-electron chi connectivity index (χ4n) is 2.57. The molecule has 0 aromatic heterocycles. The van der Waals surface area contributed by atoms with E-state index in [9.17, 15) is 5.11 Å². The molecule has 2 aliphatic rings. The van der Waals surface area contributed by atoms with Gasteiger partial charge in [-0.05, 0) is 18.8 Å². The second-order valence-electron chi connectivity index (χ2n) is 5.60. The topological polar surface area (TPSA) is 50.7 Å². The number of hydrogen-bond donors (Lipinski definition) is 2. The van der Waals surface area contributed by atoms with E-state index in [0.717, 1.165) is 38.9 Å². The van der Waals surface area contributed by atoms with Crippen LogP contribution in [0.4, 0.5) is 0 Å². The highest BCUT2D eigenvalue weighted by molar-refractivity contribution is 4.85. The molecule has 0 aromatic carbocycles. The van der Waals surface area contributed by atoms with Gasteiger partial charge in [-0.15, -0.1) is 0 Å². The molecule has 1 unspecified atom stereocenters. The lowest BCUT2D eigenvalue weighted by atomic mass is 9.90. The minimum atomic E-state index is -0.269. The van der Waals surface area contributed by atoms with E-state index in [4.69, 9.17) is 9.47 Å². The standard InChI is InChI=1S/C13H25NO3/c1-10(2)12(15)9-14-11-3-5-13(6-4-11)16-7-8-17-13/h10-12,14-15H,3-9H2,1-2H3. The molecule has 1 aliphatic carbocycles. The van der Waals surface area contributed by atoms with E-state index in [1.54, 1.807) is 0 Å². The Labute approximate surface area is 104 Å². The molecule has 1 aliphatic heterocycles. The lowest BCUT2D eigenvalue weighted by Gasteiger charge is -2.36. The summed E-state index contributed by atoms with van der Waals surface area (Å²) in [6.07, 6.45) is 3.85. The average Bonchev–Trinajstić information content (AvgIpc) is 2.76. The fourth-order valence-corrected chi connectivity index (χ4v) is 2.57. The second-order valence-corrected chi connectivity index (χ2v) is 5.60. The molecule has 4 nitrogen and oxygen atoms in total. The third-order valence-corrected chi connectivity index (χ3v) is 3.95. The zero-order chi connectivity index (χ0) is 12.3. The molecule has 2 fully saturated rings. The van der Waals surface area contributed by atoms with E-state index in [-0.39, 0.29) is 11.9 Å². The van der Waals surface area contributed by atoms with Crippen molar-refractivity contribution in [2.24, 2.45) is 5.92 Å². The van der Waals surface area contributed by atoms with Crippen molar-refractivity contribution in [1.29, 1.82) is 0 Å². The maximum Gasteiger partial charge on any atom is 0.168 e. The first-order chi connectivity index (χ1) is 8.11. The highest BCUT2D eigenvalue weighted by Crippen LogP contribution is 2.35. The third kappa shape index (κ3) is 3.41. The first-order valence-corrected chi connectivity index (χ1v) is 6.81. The van der Waals surface area contributed by atoms with Gasteiger partial charge >= 0.3 is 0 Å². The van der Waals surface area contributed by atoms with Gasteiger partial charge in [0, 0.05) is 25.4 Å². The van der Waals surface area contributed by atoms with E-state index in [0.29, 0.717) is 18.5 Å². The van der Waals surface area contributed by atoms with Gasteiger partial charge in [0.1, 0.15) is 0 Å². The van der Waals surface area contributed by atoms with Crippen LogP contribution in [-0.2, 0) is 9.47 Å². The summed E-state index contributed by atoms with van der Waals surface area (Å²) in [4.78, 5) is 0. The summed E-state index contributed by atoms with van der Waals surface area (Å²) in [6.45, 7) is 6.26. The molecular formula is C13H25NO3. The zero-order valence-corrected chi connectivity index (χ0v) is 10.9. The van der Waals surface area contributed by atoms with Gasteiger partial charge in [-0.1, -0.05) is 13.8 Å². The largest absolute Gasteiger partial charge is 0.392 e. The molecule has 0 bridgehead atoms. The second kappa shape index (κ2) is 5.65. The number of aliphatic hydroxyl groups is 1. The number of rotatable bonds is 4. The van der Waals surface area contributed by atoms with Crippen molar-refractivity contribution in [3.8, 4) is 0 Å². The predicted molar refractivity (Wildman–Crippen MR) is 65.7 cm³/mol. The molecule has 100 valence electrons. The average molecular weight is 243 g/mol. The van der Waals surface area contributed by atoms with Crippen LogP contribution in [-0.4, -0.2) is 42.8 Å². The first kappa shape index (κ1) is 13.3. The lowest BCUT2D eigenvalue weighted by Crippen LogP contribution is -2.44. The quantitative estimate of drug-likeness (QED) is 0.781. The number of aliphatic hydroxyl groups excluding tert-OH is 1. The monoisotopic (exact) mass is 243 g/mol. The summed E-state index contributed by atoms with van der Waals surface area (Å²) in [6, 6.07) is 0.502. The smallest absolute Gasteiger partial charge is 0.168 e. The van der Waals surface area contributed by atoms with Crippen molar-refractivity contribution < 1.29 is 14.6 Å². The van der Waals surface area contributed by atoms with Crippen LogP contribution >= 0.6 is 0 Å². The molecule has 2 N–H and O–H groups in total. The maximum atomic E-state index is 9.75. The van der Waals surface area contributed by atoms with E-state index < -0.39 is 0 Å². The van der Waals surface area contributed by atoms with Crippen molar-refractivity contribution in [2.45, 2.75) is 57.5 Å². The Bertz CT molecular complexity index is 226. The van der Waals surface area contributed by atoms with Gasteiger partial charge in [-0.25, -0.2) is 0 Å². The van der Waals surface area contributed by atoms with Gasteiger partial charge in [0.2, 0.25) is 0 Å². The zero-order valence-electron chi connectivity index (χ0n) is 10.9. The van der Waals surface area contributed by atoms with Crippen LogP contribution < -0.4 is 5.32 Å². The van der Waals surface area contributed by atoms with Crippen LogP contribution in [0.15, 0.2) is 0 Å². The summed E-state index contributed by atoms with van der Waals surface area (Å²) in [5, 5.41) is 13.2. The van der Waals surface area contributed by atoms with Crippen molar-refractivity contribution in [3.05, 3.63) is 0 Å². The molecule has 1 saturated carbocycles. The Hall–Kier alpha value is -0.160. The SMILES string of the molecule is CC(C)C(O)CNC1CCC2(CC1)OCCO2. The minimum absolute atomic E-state index is 0.245. The van der Waals surface area contributed by atoms with E-state index in [2.05, 4.69) is 5.32 Å². The van der Waals surface area contributed by atoms with Crippen LogP contribution in [0.5, 0.6) is 0 Å². The van der Waals surface area contributed by atoms with Crippen molar-refractivity contribution in [3.63, 3.8) is 0 Å². The van der Waals surface area contributed by atoms with Gasteiger partial charge < -0.3 is 19.9 Å². The summed E-state index contributed by atoms with van der Waals surface area (Å²) < 4.78 is 11.4. The van der Waals surface area contributed by atoms with Crippen LogP contribution in [0.3, 0.4) is 0 Å². The molecule has 0 amide bonds. The number of ether oxygens (including phenoxy) is 2. The first-order valence-electron chi connectivity index (χ1n) is 6.81. The third-order valence-electron chi connectivity index (χ3n) is 3.95. The van der Waals surface area contributed by atoms with E-state index in [1.807, 2.05) is 13.8 Å². The minimum Gasteiger partial charge on any atom is -0.392 e. The molecule has 0 radical (unpaired) electrons. The van der Waals surface area contributed by atoms with Crippen LogP contribution in [0.25, 0.3) is 0 Å². The van der Waals surface area contributed by atoms with E-state index in [1.165, 1.54) is 0 Å². The van der Waals surface area contributed by atoms with Crippen LogP contribution in [0, 0.1) is 5.92 Å². The Kier molecular flexibility index (Phi) is 4.42. The highest BCUT2D eigenvalue weighted by atomic mass is 16.7. The molecule has 2 rings (SSSR count). The summed E-state index contributed by atoms with van der Waals surface area (Å²) in [5.41, 5.74) is 0. The van der Waals surface area contributed by atoms with Crippen LogP contribution in [0.1, 0.15) is 39.5 Å². The lowest BCUT2D eigenvalue weighted by molar-refractivity contribution is -0.179. The number of hydrogen-bond acceptors (Lipinski definition) is 4. The molecule has 0 aromatic rings. The maximum absolute atomic E-state index is 9.75. The van der Waals surface area contributed by atoms with Crippen molar-refractivity contribution in [1.82, 2.24) is 5.32 Å². The predicted octanol–water partition coefficient (Wildman–Crippen LogP) is 1.28. The number of nitrogens with one attached hydrogen (secondary N) is 1. The van der Waals surface area contributed by atoms with Gasteiger partial charge in [-0.2, -0.15) is 0 Å². The Morgan fingerprint density at radius 3 is 2.35 bits per heavy atom. The van der Waals surface area contributed by atoms with Crippen LogP contribution in [0.2, 0.25) is 0 Å². The normalized spacial score (nSPS) is 26.8. The Morgan fingerprint density at radius 1 is 1.24 bits per heavy atom. The molecule has 4 heteroatoms. The van der Waals surface area contributed by atoms with Gasteiger partial charge in [0.05, 0.1) is 19.3 Å². The molecule has 1 heterocycles. The highest BCUT2D eigenvalue weighted by Gasteiger charge is 2.40. The van der Waals surface area contributed by atoms with Gasteiger partial charge in [0.25, 0.3) is 0 Å². The van der Waals surface area contributed by atoms with E-state index >= 15 is 0 Å². The molecular weight excluding hydrogens is 218 g/mol. The summed E-state index contributed by atoms with van der Waals surface area (Å²) in [5.74, 6) is 0.0495. The molecule has 1 saturated heterocycles. The molecule has 1 spiro atoms. The van der Waals surface area contributed by atoms with Gasteiger partial charge in [0.15, 0.2) is 5.79 Å². The molecule has 17 heavy (non-hydrogen) atoms. The fraction of sp³-hybridized carbons (Fsp3) is 1.00. The summed E-state index contributed by atoms with van der Waals surface area (Å²) >= 11 is 0. The van der Waals surface area contributed by atoms with Crippen molar-refractivity contribution >= 4 is 0 Å².